The summed E-state index contributed by atoms with van der Waals surface area (Å²) in [4.78, 5) is 29.5. The van der Waals surface area contributed by atoms with E-state index in [0.717, 1.165) is 29.9 Å². The summed E-state index contributed by atoms with van der Waals surface area (Å²) in [5.41, 5.74) is 5.73. The molecule has 0 bridgehead atoms. The second-order valence-electron chi connectivity index (χ2n) is 8.20. The molecule has 3 aromatic rings. The van der Waals surface area contributed by atoms with Crippen LogP contribution in [0.15, 0.2) is 66.2 Å². The lowest BCUT2D eigenvalue weighted by Crippen LogP contribution is -2.54. The number of hydrogen-bond acceptors (Lipinski definition) is 4. The van der Waals surface area contributed by atoms with Crippen LogP contribution in [0.3, 0.4) is 0 Å². The van der Waals surface area contributed by atoms with Crippen LogP contribution in [0.1, 0.15) is 22.3 Å². The molecule has 34 heavy (non-hydrogen) atoms. The van der Waals surface area contributed by atoms with Crippen LogP contribution in [-0.2, 0) is 22.7 Å². The lowest BCUT2D eigenvalue weighted by atomic mass is 10.0. The first kappa shape index (κ1) is 22.6. The predicted octanol–water partition coefficient (Wildman–Crippen LogP) is 5.65. The molecule has 170 valence electrons. The molecule has 0 unspecified atom stereocenters. The highest BCUT2D eigenvalue weighted by molar-refractivity contribution is 7.80. The van der Waals surface area contributed by atoms with Gasteiger partial charge in [0.2, 0.25) is 0 Å². The van der Waals surface area contributed by atoms with Crippen LogP contribution in [0.5, 0.6) is 0 Å². The number of hydrogen-bond donors (Lipinski definition) is 1. The van der Waals surface area contributed by atoms with Gasteiger partial charge in [-0.25, -0.2) is 0 Å². The lowest BCUT2D eigenvalue weighted by Gasteiger charge is -2.29. The highest BCUT2D eigenvalue weighted by atomic mass is 35.5. The third-order valence-electron chi connectivity index (χ3n) is 6.03. The molecule has 0 aliphatic carbocycles. The van der Waals surface area contributed by atoms with Crippen molar-refractivity contribution in [2.24, 2.45) is 0 Å². The summed E-state index contributed by atoms with van der Waals surface area (Å²) in [6.07, 6.45) is 1.59. The summed E-state index contributed by atoms with van der Waals surface area (Å²) in [7, 11) is 0. The second kappa shape index (κ2) is 8.87. The number of benzene rings is 3. The molecule has 5 rings (SSSR count). The lowest BCUT2D eigenvalue weighted by molar-refractivity contribution is -0.122. The van der Waals surface area contributed by atoms with E-state index in [1.807, 2.05) is 19.1 Å². The van der Waals surface area contributed by atoms with E-state index in [1.54, 1.807) is 24.3 Å². The fraction of sp³-hybridized carbons (Fsp3) is 0.115. The molecule has 1 saturated heterocycles. The number of fused-ring (bicyclic) bond motifs is 1. The van der Waals surface area contributed by atoms with Crippen LogP contribution in [0.25, 0.3) is 6.08 Å². The van der Waals surface area contributed by atoms with Crippen LogP contribution in [0.2, 0.25) is 10.0 Å². The number of anilines is 2. The minimum absolute atomic E-state index is 0.0333. The van der Waals surface area contributed by atoms with Gasteiger partial charge in [0.15, 0.2) is 5.11 Å². The number of nitrogens with zero attached hydrogens (tertiary/aromatic N) is 2. The van der Waals surface area contributed by atoms with Gasteiger partial charge in [0.05, 0.1) is 15.7 Å². The SMILES string of the molecule is Cc1cc(N2Cc3ccccc3C2)ccc1/C=C1/C(=O)NC(=S)N(c2cccc(Cl)c2Cl)C1=O. The zero-order valence-electron chi connectivity index (χ0n) is 18.1. The van der Waals surface area contributed by atoms with Gasteiger partial charge in [0.25, 0.3) is 11.8 Å². The smallest absolute Gasteiger partial charge is 0.270 e. The second-order valence-corrected chi connectivity index (χ2v) is 9.37. The Kier molecular flexibility index (Phi) is 5.90. The van der Waals surface area contributed by atoms with Crippen molar-refractivity contribution < 1.29 is 9.59 Å². The molecule has 0 atom stereocenters. The van der Waals surface area contributed by atoms with Crippen molar-refractivity contribution in [1.29, 1.82) is 0 Å². The Morgan fingerprint density at radius 1 is 0.971 bits per heavy atom. The molecule has 2 aliphatic rings. The van der Waals surface area contributed by atoms with Gasteiger partial charge in [-0.2, -0.15) is 0 Å². The summed E-state index contributed by atoms with van der Waals surface area (Å²) < 4.78 is 0. The van der Waals surface area contributed by atoms with E-state index in [0.29, 0.717) is 5.69 Å². The molecule has 3 aromatic carbocycles. The van der Waals surface area contributed by atoms with Crippen molar-refractivity contribution in [3.05, 3.63) is 98.5 Å². The number of carbonyl (C=O) groups excluding carboxylic acids is 2. The van der Waals surface area contributed by atoms with Gasteiger partial charge in [-0.1, -0.05) is 59.6 Å². The first-order valence-corrected chi connectivity index (χ1v) is 11.8. The molecule has 1 fully saturated rings. The van der Waals surface area contributed by atoms with Gasteiger partial charge < -0.3 is 4.90 Å². The first-order valence-electron chi connectivity index (χ1n) is 10.6. The summed E-state index contributed by atoms with van der Waals surface area (Å²) in [6, 6.07) is 19.3. The Bertz CT molecular complexity index is 1380. The number of aryl methyl sites for hydroxylation is 1. The minimum Gasteiger partial charge on any atom is -0.363 e. The van der Waals surface area contributed by atoms with Gasteiger partial charge in [0, 0.05) is 18.8 Å². The van der Waals surface area contributed by atoms with Crippen LogP contribution < -0.4 is 15.1 Å². The average Bonchev–Trinajstić information content (AvgIpc) is 3.24. The third-order valence-corrected chi connectivity index (χ3v) is 7.13. The largest absolute Gasteiger partial charge is 0.363 e. The number of amides is 2. The van der Waals surface area contributed by atoms with Crippen molar-refractivity contribution in [3.63, 3.8) is 0 Å². The molecule has 5 nitrogen and oxygen atoms in total. The van der Waals surface area contributed by atoms with Gasteiger partial charge in [-0.05, 0) is 71.7 Å². The molecular formula is C26H19Cl2N3O2S. The molecule has 0 aromatic heterocycles. The maximum Gasteiger partial charge on any atom is 0.270 e. The Morgan fingerprint density at radius 2 is 1.68 bits per heavy atom. The molecule has 0 spiro atoms. The summed E-state index contributed by atoms with van der Waals surface area (Å²) in [6.45, 7) is 3.66. The Labute approximate surface area is 212 Å². The van der Waals surface area contributed by atoms with Gasteiger partial charge in [0.1, 0.15) is 5.57 Å². The van der Waals surface area contributed by atoms with Crippen LogP contribution in [-0.4, -0.2) is 16.9 Å². The van der Waals surface area contributed by atoms with Crippen molar-refractivity contribution in [2.45, 2.75) is 20.0 Å². The molecule has 0 saturated carbocycles. The normalized spacial score (nSPS) is 16.8. The van der Waals surface area contributed by atoms with Gasteiger partial charge in [-0.15, -0.1) is 0 Å². The monoisotopic (exact) mass is 507 g/mol. The van der Waals surface area contributed by atoms with Crippen LogP contribution >= 0.6 is 35.4 Å². The molecule has 2 aliphatic heterocycles. The van der Waals surface area contributed by atoms with E-state index in [2.05, 4.69) is 40.5 Å². The molecule has 2 heterocycles. The molecule has 2 amide bonds. The maximum absolute atomic E-state index is 13.3. The number of nitrogens with one attached hydrogen (secondary N) is 1. The number of rotatable bonds is 3. The standard InChI is InChI=1S/C26H19Cl2N3O2S/c1-15-11-19(30-13-17-5-2-3-6-18(17)14-30)10-9-16(15)12-20-24(32)29-26(34)31(25(20)33)22-8-4-7-21(27)23(22)28/h2-12H,13-14H2,1H3,(H,29,32,34)/b20-12-. The van der Waals surface area contributed by atoms with Crippen molar-refractivity contribution in [2.75, 3.05) is 9.80 Å². The fourth-order valence-corrected chi connectivity index (χ4v) is 4.89. The van der Waals surface area contributed by atoms with Crippen molar-refractivity contribution >= 4 is 69.8 Å². The maximum atomic E-state index is 13.3. The average molecular weight is 508 g/mol. The quantitative estimate of drug-likeness (QED) is 0.282. The zero-order chi connectivity index (χ0) is 24.0. The van der Waals surface area contributed by atoms with Crippen molar-refractivity contribution in [1.82, 2.24) is 5.32 Å². The molecular weight excluding hydrogens is 489 g/mol. The zero-order valence-corrected chi connectivity index (χ0v) is 20.5. The number of thiocarbonyl (C=S) groups is 1. The molecule has 1 N–H and O–H groups in total. The Balaban J connectivity index is 1.45. The van der Waals surface area contributed by atoms with E-state index in [1.165, 1.54) is 16.0 Å². The number of halogens is 2. The summed E-state index contributed by atoms with van der Waals surface area (Å²) in [5.74, 6) is -1.11. The van der Waals surface area contributed by atoms with E-state index in [-0.39, 0.29) is 20.7 Å². The Hall–Kier alpha value is -3.19. The van der Waals surface area contributed by atoms with E-state index in [4.69, 9.17) is 35.4 Å². The number of carbonyl (C=O) groups is 2. The van der Waals surface area contributed by atoms with E-state index < -0.39 is 11.8 Å². The highest BCUT2D eigenvalue weighted by Gasteiger charge is 2.35. The fourth-order valence-electron chi connectivity index (χ4n) is 4.23. The Morgan fingerprint density at radius 3 is 2.35 bits per heavy atom. The minimum atomic E-state index is -0.559. The summed E-state index contributed by atoms with van der Waals surface area (Å²) in [5, 5.41) is 3.00. The van der Waals surface area contributed by atoms with E-state index >= 15 is 0 Å². The molecule has 8 heteroatoms. The van der Waals surface area contributed by atoms with Gasteiger partial charge >= 0.3 is 0 Å². The summed E-state index contributed by atoms with van der Waals surface area (Å²) >= 11 is 17.7. The highest BCUT2D eigenvalue weighted by Crippen LogP contribution is 2.35. The van der Waals surface area contributed by atoms with E-state index in [9.17, 15) is 9.59 Å². The topological polar surface area (TPSA) is 52.7 Å². The molecule has 0 radical (unpaired) electrons. The van der Waals surface area contributed by atoms with Crippen LogP contribution in [0.4, 0.5) is 11.4 Å². The van der Waals surface area contributed by atoms with Crippen molar-refractivity contribution in [3.8, 4) is 0 Å². The van der Waals surface area contributed by atoms with Gasteiger partial charge in [-0.3, -0.25) is 19.8 Å². The first-order chi connectivity index (χ1) is 16.3. The third kappa shape index (κ3) is 3.98. The predicted molar refractivity (Wildman–Crippen MR) is 140 cm³/mol. The van der Waals surface area contributed by atoms with Crippen LogP contribution in [0, 0.1) is 6.92 Å².